The van der Waals surface area contributed by atoms with Gasteiger partial charge >= 0.3 is 5.97 Å². The van der Waals surface area contributed by atoms with Gasteiger partial charge in [0.2, 0.25) is 5.95 Å². The Labute approximate surface area is 114 Å². The molecule has 1 aromatic rings. The largest absolute Gasteiger partial charge is 0.462 e. The van der Waals surface area contributed by atoms with Gasteiger partial charge < -0.3 is 10.1 Å². The summed E-state index contributed by atoms with van der Waals surface area (Å²) < 4.78 is 4.95. The Hall–Kier alpha value is -1.65. The quantitative estimate of drug-likeness (QED) is 0.801. The first-order valence-electron chi connectivity index (χ1n) is 6.76. The van der Waals surface area contributed by atoms with Gasteiger partial charge in [0.1, 0.15) is 0 Å². The van der Waals surface area contributed by atoms with Crippen LogP contribution in [0.5, 0.6) is 0 Å². The number of esters is 1. The van der Waals surface area contributed by atoms with E-state index in [1.807, 2.05) is 0 Å². The zero-order valence-electron chi connectivity index (χ0n) is 12.4. The summed E-state index contributed by atoms with van der Waals surface area (Å²) in [6, 6.07) is 0.290. The number of carbonyl (C=O) groups is 1. The summed E-state index contributed by atoms with van der Waals surface area (Å²) in [5, 5.41) is 3.26. The molecule has 0 spiro atoms. The van der Waals surface area contributed by atoms with Crippen molar-refractivity contribution in [2.24, 2.45) is 5.92 Å². The minimum Gasteiger partial charge on any atom is -0.462 e. The summed E-state index contributed by atoms with van der Waals surface area (Å²) in [7, 11) is 0. The van der Waals surface area contributed by atoms with E-state index in [1.165, 1.54) is 6.20 Å². The Morgan fingerprint density at radius 3 is 2.63 bits per heavy atom. The van der Waals surface area contributed by atoms with Crippen LogP contribution < -0.4 is 5.32 Å². The summed E-state index contributed by atoms with van der Waals surface area (Å²) in [5.74, 6) is 0.716. The highest BCUT2D eigenvalue weighted by Crippen LogP contribution is 2.13. The fourth-order valence-electron chi connectivity index (χ4n) is 1.65. The molecule has 19 heavy (non-hydrogen) atoms. The molecule has 106 valence electrons. The summed E-state index contributed by atoms with van der Waals surface area (Å²) in [4.78, 5) is 20.1. The van der Waals surface area contributed by atoms with Gasteiger partial charge in [0.05, 0.1) is 17.9 Å². The number of anilines is 1. The second-order valence-electron chi connectivity index (χ2n) is 4.73. The zero-order chi connectivity index (χ0) is 14.4. The van der Waals surface area contributed by atoms with Crippen molar-refractivity contribution in [3.8, 4) is 0 Å². The number of nitrogens with one attached hydrogen (secondary N) is 1. The molecule has 1 aromatic heterocycles. The molecular formula is C14H23N3O2. The predicted molar refractivity (Wildman–Crippen MR) is 75.3 cm³/mol. The Morgan fingerprint density at radius 2 is 2.11 bits per heavy atom. The van der Waals surface area contributed by atoms with Gasteiger partial charge in [0.15, 0.2) is 0 Å². The molecule has 0 fully saturated rings. The van der Waals surface area contributed by atoms with Gasteiger partial charge in [-0.05, 0) is 26.7 Å². The Balaban J connectivity index is 2.79. The molecule has 0 bridgehead atoms. The molecule has 0 saturated carbocycles. The maximum atomic E-state index is 11.6. The molecule has 0 aliphatic carbocycles. The number of nitrogens with zero attached hydrogens (tertiary/aromatic N) is 2. The number of carbonyl (C=O) groups excluding carboxylic acids is 1. The molecule has 1 rings (SSSR count). The lowest BCUT2D eigenvalue weighted by molar-refractivity contribution is 0.0524. The number of ether oxygens (including phenoxy) is 1. The molecule has 1 N–H and O–H groups in total. The van der Waals surface area contributed by atoms with E-state index < -0.39 is 0 Å². The van der Waals surface area contributed by atoms with Crippen molar-refractivity contribution in [1.82, 2.24) is 9.97 Å². The Bertz CT molecular complexity index is 435. The van der Waals surface area contributed by atoms with Crippen LogP contribution in [0.15, 0.2) is 6.20 Å². The van der Waals surface area contributed by atoms with Crippen LogP contribution in [0.25, 0.3) is 0 Å². The molecule has 0 radical (unpaired) electrons. The fraction of sp³-hybridized carbons (Fsp3) is 0.643. The third-order valence-corrected chi connectivity index (χ3v) is 3.33. The minimum atomic E-state index is -0.374. The lowest BCUT2D eigenvalue weighted by Crippen LogP contribution is -2.24. The van der Waals surface area contributed by atoms with Gasteiger partial charge in [-0.3, -0.25) is 0 Å². The van der Waals surface area contributed by atoms with Crippen LogP contribution in [-0.4, -0.2) is 28.6 Å². The molecular weight excluding hydrogens is 242 g/mol. The number of hydrogen-bond donors (Lipinski definition) is 1. The molecule has 2 unspecified atom stereocenters. The van der Waals surface area contributed by atoms with Gasteiger partial charge in [-0.25, -0.2) is 14.8 Å². The normalized spacial score (nSPS) is 13.7. The topological polar surface area (TPSA) is 64.1 Å². The molecule has 5 heteroatoms. The molecule has 0 amide bonds. The summed E-state index contributed by atoms with van der Waals surface area (Å²) in [6.45, 7) is 10.3. The van der Waals surface area contributed by atoms with Crippen LogP contribution >= 0.6 is 0 Å². The summed E-state index contributed by atoms with van der Waals surface area (Å²) in [6.07, 6.45) is 2.61. The van der Waals surface area contributed by atoms with Crippen molar-refractivity contribution in [3.05, 3.63) is 17.5 Å². The maximum absolute atomic E-state index is 11.6. The Kier molecular flexibility index (Phi) is 5.73. The van der Waals surface area contributed by atoms with Gasteiger partial charge in [-0.15, -0.1) is 0 Å². The maximum Gasteiger partial charge on any atom is 0.341 e. The number of rotatable bonds is 6. The second kappa shape index (κ2) is 7.07. The van der Waals surface area contributed by atoms with Crippen LogP contribution in [0.1, 0.15) is 50.2 Å². The first kappa shape index (κ1) is 15.4. The standard InChI is InChI=1S/C14H23N3O2/c1-6-9(3)10(4)16-14-15-8-12(11(5)17-14)13(18)19-7-2/h8-10H,6-7H2,1-5H3,(H,15,16,17). The van der Waals surface area contributed by atoms with Gasteiger partial charge in [-0.2, -0.15) is 0 Å². The van der Waals surface area contributed by atoms with Crippen molar-refractivity contribution < 1.29 is 9.53 Å². The zero-order valence-corrected chi connectivity index (χ0v) is 12.4. The third kappa shape index (κ3) is 4.19. The second-order valence-corrected chi connectivity index (χ2v) is 4.73. The van der Waals surface area contributed by atoms with Crippen molar-refractivity contribution >= 4 is 11.9 Å². The first-order valence-corrected chi connectivity index (χ1v) is 6.76. The average Bonchev–Trinajstić information content (AvgIpc) is 2.38. The van der Waals surface area contributed by atoms with Gasteiger partial charge in [0, 0.05) is 12.2 Å². The lowest BCUT2D eigenvalue weighted by Gasteiger charge is -2.20. The van der Waals surface area contributed by atoms with E-state index >= 15 is 0 Å². The van der Waals surface area contributed by atoms with Crippen molar-refractivity contribution in [2.75, 3.05) is 11.9 Å². The fourth-order valence-corrected chi connectivity index (χ4v) is 1.65. The van der Waals surface area contributed by atoms with Crippen molar-refractivity contribution in [3.63, 3.8) is 0 Å². The van der Waals surface area contributed by atoms with E-state index in [-0.39, 0.29) is 12.0 Å². The highest BCUT2D eigenvalue weighted by Gasteiger charge is 2.15. The van der Waals surface area contributed by atoms with E-state index in [2.05, 4.69) is 36.1 Å². The molecule has 0 aliphatic heterocycles. The van der Waals surface area contributed by atoms with Crippen LogP contribution in [0, 0.1) is 12.8 Å². The highest BCUT2D eigenvalue weighted by molar-refractivity contribution is 5.90. The van der Waals surface area contributed by atoms with Crippen molar-refractivity contribution in [1.29, 1.82) is 0 Å². The third-order valence-electron chi connectivity index (χ3n) is 3.33. The van der Waals surface area contributed by atoms with Gasteiger partial charge in [0.25, 0.3) is 0 Å². The molecule has 0 aliphatic rings. The van der Waals surface area contributed by atoms with Crippen LogP contribution in [0.4, 0.5) is 5.95 Å². The number of aryl methyl sites for hydroxylation is 1. The predicted octanol–water partition coefficient (Wildman–Crippen LogP) is 2.81. The van der Waals surface area contributed by atoms with Gasteiger partial charge in [-0.1, -0.05) is 20.3 Å². The number of hydrogen-bond acceptors (Lipinski definition) is 5. The SMILES string of the molecule is CCOC(=O)c1cnc(NC(C)C(C)CC)nc1C. The molecule has 5 nitrogen and oxygen atoms in total. The molecule has 2 atom stereocenters. The van der Waals surface area contributed by atoms with Crippen LogP contribution in [-0.2, 0) is 4.74 Å². The lowest BCUT2D eigenvalue weighted by atomic mass is 10.0. The summed E-state index contributed by atoms with van der Waals surface area (Å²) >= 11 is 0. The van der Waals surface area contributed by atoms with E-state index in [0.717, 1.165) is 6.42 Å². The van der Waals surface area contributed by atoms with E-state index in [0.29, 0.717) is 29.7 Å². The number of aromatic nitrogens is 2. The smallest absolute Gasteiger partial charge is 0.341 e. The van der Waals surface area contributed by atoms with E-state index in [9.17, 15) is 4.79 Å². The van der Waals surface area contributed by atoms with Crippen molar-refractivity contribution in [2.45, 2.75) is 47.1 Å². The summed E-state index contributed by atoms with van der Waals surface area (Å²) in [5.41, 5.74) is 1.05. The van der Waals surface area contributed by atoms with E-state index in [1.54, 1.807) is 13.8 Å². The molecule has 1 heterocycles. The van der Waals surface area contributed by atoms with E-state index in [4.69, 9.17) is 4.74 Å². The molecule has 0 saturated heterocycles. The average molecular weight is 265 g/mol. The monoisotopic (exact) mass is 265 g/mol. The Morgan fingerprint density at radius 1 is 1.42 bits per heavy atom. The molecule has 0 aromatic carbocycles. The minimum absolute atomic E-state index is 0.290. The van der Waals surface area contributed by atoms with Crippen LogP contribution in [0.3, 0.4) is 0 Å². The first-order chi connectivity index (χ1) is 8.99. The van der Waals surface area contributed by atoms with Crippen LogP contribution in [0.2, 0.25) is 0 Å². The highest BCUT2D eigenvalue weighted by atomic mass is 16.5.